The zero-order valence-electron chi connectivity index (χ0n) is 8.74. The van der Waals surface area contributed by atoms with Gasteiger partial charge in [0, 0.05) is 25.0 Å². The molecular weight excluding hydrogens is 212 g/mol. The molecule has 0 saturated carbocycles. The van der Waals surface area contributed by atoms with Crippen molar-refractivity contribution in [1.29, 1.82) is 0 Å². The van der Waals surface area contributed by atoms with Gasteiger partial charge >= 0.3 is 0 Å². The van der Waals surface area contributed by atoms with Gasteiger partial charge in [0.25, 0.3) is 0 Å². The first-order valence-electron chi connectivity index (χ1n) is 4.89. The lowest BCUT2D eigenvalue weighted by Gasteiger charge is -2.07. The second-order valence-electron chi connectivity index (χ2n) is 3.39. The standard InChI is InChI=1S/C11H11F2N3/c1-2-16-4-3-15-11(16)7-5-9(13)10(14)6-8(7)12/h3-6H,2,14H2,1H3. The fraction of sp³-hybridized carbons (Fsp3) is 0.182. The third-order valence-corrected chi connectivity index (χ3v) is 2.38. The van der Waals surface area contributed by atoms with Gasteiger partial charge in [-0.25, -0.2) is 13.8 Å². The van der Waals surface area contributed by atoms with E-state index < -0.39 is 11.6 Å². The smallest absolute Gasteiger partial charge is 0.147 e. The van der Waals surface area contributed by atoms with Crippen LogP contribution in [0.4, 0.5) is 14.5 Å². The van der Waals surface area contributed by atoms with Gasteiger partial charge in [-0.3, -0.25) is 0 Å². The van der Waals surface area contributed by atoms with Crippen LogP contribution in [0, 0.1) is 11.6 Å². The molecule has 0 bridgehead atoms. The van der Waals surface area contributed by atoms with E-state index in [9.17, 15) is 8.78 Å². The fourth-order valence-corrected chi connectivity index (χ4v) is 1.54. The van der Waals surface area contributed by atoms with Gasteiger partial charge in [-0.1, -0.05) is 0 Å². The van der Waals surface area contributed by atoms with Crippen LogP contribution in [0.25, 0.3) is 11.4 Å². The van der Waals surface area contributed by atoms with E-state index in [0.29, 0.717) is 12.4 Å². The first kappa shape index (κ1) is 10.6. The van der Waals surface area contributed by atoms with Gasteiger partial charge in [-0.15, -0.1) is 0 Å². The minimum absolute atomic E-state index is 0.124. The molecule has 0 radical (unpaired) electrons. The summed E-state index contributed by atoms with van der Waals surface area (Å²) in [5.41, 5.74) is 5.20. The van der Waals surface area contributed by atoms with Crippen LogP contribution in [0.2, 0.25) is 0 Å². The predicted molar refractivity (Wildman–Crippen MR) is 57.7 cm³/mol. The molecule has 3 nitrogen and oxygen atoms in total. The van der Waals surface area contributed by atoms with Crippen LogP contribution in [-0.4, -0.2) is 9.55 Å². The lowest BCUT2D eigenvalue weighted by Crippen LogP contribution is -2.00. The van der Waals surface area contributed by atoms with Crippen molar-refractivity contribution in [2.45, 2.75) is 13.5 Å². The molecule has 1 aromatic heterocycles. The Bertz CT molecular complexity index is 520. The number of aryl methyl sites for hydroxylation is 1. The molecule has 0 aliphatic carbocycles. The molecule has 2 N–H and O–H groups in total. The molecule has 0 spiro atoms. The van der Waals surface area contributed by atoms with Gasteiger partial charge in [-0.2, -0.15) is 0 Å². The zero-order valence-corrected chi connectivity index (χ0v) is 8.74. The zero-order chi connectivity index (χ0) is 11.7. The van der Waals surface area contributed by atoms with Gasteiger partial charge in [0.2, 0.25) is 0 Å². The van der Waals surface area contributed by atoms with Crippen molar-refractivity contribution in [2.24, 2.45) is 0 Å². The number of hydrogen-bond donors (Lipinski definition) is 1. The van der Waals surface area contributed by atoms with E-state index in [-0.39, 0.29) is 11.3 Å². The van der Waals surface area contributed by atoms with E-state index in [2.05, 4.69) is 4.98 Å². The fourth-order valence-electron chi connectivity index (χ4n) is 1.54. The van der Waals surface area contributed by atoms with Crippen LogP contribution < -0.4 is 5.73 Å². The Morgan fingerprint density at radius 3 is 2.75 bits per heavy atom. The van der Waals surface area contributed by atoms with Crippen molar-refractivity contribution >= 4 is 5.69 Å². The second kappa shape index (κ2) is 3.92. The number of rotatable bonds is 2. The lowest BCUT2D eigenvalue weighted by atomic mass is 10.1. The van der Waals surface area contributed by atoms with Crippen LogP contribution in [0.5, 0.6) is 0 Å². The average molecular weight is 223 g/mol. The minimum atomic E-state index is -0.637. The quantitative estimate of drug-likeness (QED) is 0.794. The molecule has 16 heavy (non-hydrogen) atoms. The highest BCUT2D eigenvalue weighted by molar-refractivity contribution is 5.60. The maximum Gasteiger partial charge on any atom is 0.147 e. The summed E-state index contributed by atoms with van der Waals surface area (Å²) in [6.07, 6.45) is 3.26. The molecule has 0 fully saturated rings. The number of aromatic nitrogens is 2. The minimum Gasteiger partial charge on any atom is -0.396 e. The normalized spacial score (nSPS) is 10.7. The maximum absolute atomic E-state index is 13.6. The largest absolute Gasteiger partial charge is 0.396 e. The molecule has 0 saturated heterocycles. The molecular formula is C11H11F2N3. The number of nitrogen functional groups attached to an aromatic ring is 1. The van der Waals surface area contributed by atoms with Crippen molar-refractivity contribution in [3.63, 3.8) is 0 Å². The lowest BCUT2D eigenvalue weighted by molar-refractivity contribution is 0.604. The van der Waals surface area contributed by atoms with E-state index in [1.54, 1.807) is 17.0 Å². The third kappa shape index (κ3) is 1.64. The van der Waals surface area contributed by atoms with Crippen molar-refractivity contribution in [3.8, 4) is 11.4 Å². The van der Waals surface area contributed by atoms with Crippen LogP contribution in [-0.2, 0) is 6.54 Å². The van der Waals surface area contributed by atoms with Crippen LogP contribution >= 0.6 is 0 Å². The van der Waals surface area contributed by atoms with Gasteiger partial charge < -0.3 is 10.3 Å². The van der Waals surface area contributed by atoms with Gasteiger partial charge in [0.15, 0.2) is 0 Å². The molecule has 2 aromatic rings. The van der Waals surface area contributed by atoms with Crippen molar-refractivity contribution in [2.75, 3.05) is 5.73 Å². The topological polar surface area (TPSA) is 43.8 Å². The van der Waals surface area contributed by atoms with E-state index >= 15 is 0 Å². The van der Waals surface area contributed by atoms with Gasteiger partial charge in [0.1, 0.15) is 17.5 Å². The summed E-state index contributed by atoms with van der Waals surface area (Å²) in [6, 6.07) is 2.04. The number of imidazole rings is 1. The summed E-state index contributed by atoms with van der Waals surface area (Å²) in [5, 5.41) is 0. The average Bonchev–Trinajstić information content (AvgIpc) is 2.71. The summed E-state index contributed by atoms with van der Waals surface area (Å²) in [6.45, 7) is 2.54. The number of nitrogens with two attached hydrogens (primary N) is 1. The summed E-state index contributed by atoms with van der Waals surface area (Å²) in [4.78, 5) is 4.00. The Morgan fingerprint density at radius 1 is 1.31 bits per heavy atom. The van der Waals surface area contributed by atoms with Gasteiger partial charge in [-0.05, 0) is 13.0 Å². The van der Waals surface area contributed by atoms with Crippen molar-refractivity contribution < 1.29 is 8.78 Å². The molecule has 2 rings (SSSR count). The summed E-state index contributed by atoms with van der Waals surface area (Å²) in [7, 11) is 0. The molecule has 1 aromatic carbocycles. The molecule has 0 aliphatic rings. The van der Waals surface area contributed by atoms with Crippen LogP contribution in [0.15, 0.2) is 24.5 Å². The maximum atomic E-state index is 13.6. The van der Waals surface area contributed by atoms with E-state index in [4.69, 9.17) is 5.73 Å². The van der Waals surface area contributed by atoms with Crippen molar-refractivity contribution in [1.82, 2.24) is 9.55 Å². The monoisotopic (exact) mass is 223 g/mol. The Kier molecular flexibility index (Phi) is 2.60. The molecule has 0 amide bonds. The number of anilines is 1. The molecule has 0 atom stereocenters. The second-order valence-corrected chi connectivity index (χ2v) is 3.39. The van der Waals surface area contributed by atoms with Crippen LogP contribution in [0.3, 0.4) is 0 Å². The van der Waals surface area contributed by atoms with Crippen LogP contribution in [0.1, 0.15) is 6.92 Å². The Balaban J connectivity index is 2.60. The Hall–Kier alpha value is -1.91. The number of hydrogen-bond acceptors (Lipinski definition) is 2. The molecule has 1 heterocycles. The van der Waals surface area contributed by atoms with E-state index in [1.165, 1.54) is 0 Å². The summed E-state index contributed by atoms with van der Waals surface area (Å²) < 4.78 is 28.6. The highest BCUT2D eigenvalue weighted by atomic mass is 19.1. The molecule has 0 aliphatic heterocycles. The van der Waals surface area contributed by atoms with E-state index in [1.807, 2.05) is 6.92 Å². The van der Waals surface area contributed by atoms with Crippen molar-refractivity contribution in [3.05, 3.63) is 36.2 Å². The molecule has 5 heteroatoms. The third-order valence-electron chi connectivity index (χ3n) is 2.38. The summed E-state index contributed by atoms with van der Waals surface area (Å²) >= 11 is 0. The first-order valence-corrected chi connectivity index (χ1v) is 4.89. The number of halogens is 2. The highest BCUT2D eigenvalue weighted by Crippen LogP contribution is 2.25. The predicted octanol–water partition coefficient (Wildman–Crippen LogP) is 2.43. The molecule has 0 unspecified atom stereocenters. The first-order chi connectivity index (χ1) is 7.63. The summed E-state index contributed by atoms with van der Waals surface area (Å²) in [5.74, 6) is -0.805. The number of benzene rings is 1. The number of nitrogens with zero attached hydrogens (tertiary/aromatic N) is 2. The van der Waals surface area contributed by atoms with E-state index in [0.717, 1.165) is 12.1 Å². The Labute approximate surface area is 91.5 Å². The SMILES string of the molecule is CCn1ccnc1-c1cc(F)c(N)cc1F. The molecule has 84 valence electrons. The highest BCUT2D eigenvalue weighted by Gasteiger charge is 2.13. The Morgan fingerprint density at radius 2 is 2.06 bits per heavy atom. The van der Waals surface area contributed by atoms with Gasteiger partial charge in [0.05, 0.1) is 11.3 Å².